The van der Waals surface area contributed by atoms with Crippen molar-refractivity contribution in [1.82, 2.24) is 20.0 Å². The second-order valence-corrected chi connectivity index (χ2v) is 6.34. The molecule has 0 unspecified atom stereocenters. The summed E-state index contributed by atoms with van der Waals surface area (Å²) in [7, 11) is 1.95. The normalized spacial score (nSPS) is 17.7. The first kappa shape index (κ1) is 18.3. The van der Waals surface area contributed by atoms with Crippen molar-refractivity contribution in [3.63, 3.8) is 0 Å². The van der Waals surface area contributed by atoms with Crippen LogP contribution in [0.15, 0.2) is 17.4 Å². The molecule has 1 fully saturated rings. The highest BCUT2D eigenvalue weighted by atomic mass is 127. The van der Waals surface area contributed by atoms with E-state index in [1.807, 2.05) is 17.9 Å². The first-order valence-corrected chi connectivity index (χ1v) is 7.51. The summed E-state index contributed by atoms with van der Waals surface area (Å²) in [6.07, 6.45) is 6.16. The molecular weight excluding hydrogens is 377 g/mol. The third-order valence-corrected chi connectivity index (χ3v) is 3.73. The number of rotatable bonds is 4. The van der Waals surface area contributed by atoms with Crippen LogP contribution in [-0.2, 0) is 13.5 Å². The molecule has 0 amide bonds. The molecule has 0 atom stereocenters. The Kier molecular flexibility index (Phi) is 6.96. The zero-order valence-electron chi connectivity index (χ0n) is 13.6. The average Bonchev–Trinajstić information content (AvgIpc) is 2.94. The van der Waals surface area contributed by atoms with Crippen LogP contribution in [0.5, 0.6) is 0 Å². The highest BCUT2D eigenvalue weighted by molar-refractivity contribution is 14.0. The van der Waals surface area contributed by atoms with E-state index < -0.39 is 0 Å². The summed E-state index contributed by atoms with van der Waals surface area (Å²) in [4.78, 5) is 7.14. The van der Waals surface area contributed by atoms with Gasteiger partial charge in [0.05, 0.1) is 6.20 Å². The van der Waals surface area contributed by atoms with Crippen LogP contribution in [0.25, 0.3) is 0 Å². The van der Waals surface area contributed by atoms with Crippen molar-refractivity contribution in [1.29, 1.82) is 0 Å². The Balaban J connectivity index is 0.00000220. The lowest BCUT2D eigenvalue weighted by Crippen LogP contribution is -2.40. The van der Waals surface area contributed by atoms with Crippen molar-refractivity contribution < 1.29 is 0 Å². The van der Waals surface area contributed by atoms with Gasteiger partial charge < -0.3 is 10.2 Å². The van der Waals surface area contributed by atoms with Crippen molar-refractivity contribution in [2.24, 2.45) is 17.5 Å². The zero-order chi connectivity index (χ0) is 14.6. The number of hydrogen-bond donors (Lipinski definition) is 1. The van der Waals surface area contributed by atoms with Crippen LogP contribution >= 0.6 is 24.0 Å². The number of aryl methyl sites for hydroxylation is 1. The van der Waals surface area contributed by atoms with Crippen LogP contribution in [0.4, 0.5) is 0 Å². The van der Waals surface area contributed by atoms with E-state index in [2.05, 4.69) is 42.3 Å². The van der Waals surface area contributed by atoms with Crippen molar-refractivity contribution in [3.8, 4) is 0 Å². The lowest BCUT2D eigenvalue weighted by molar-refractivity contribution is 0.370. The molecule has 0 saturated carbocycles. The van der Waals surface area contributed by atoms with Crippen LogP contribution in [0.3, 0.4) is 0 Å². The van der Waals surface area contributed by atoms with E-state index in [9.17, 15) is 0 Å². The number of nitrogens with zero attached hydrogens (tertiary/aromatic N) is 4. The van der Waals surface area contributed by atoms with E-state index >= 15 is 0 Å². The summed E-state index contributed by atoms with van der Waals surface area (Å²) in [6, 6.07) is 0. The van der Waals surface area contributed by atoms with Gasteiger partial charge in [0.25, 0.3) is 0 Å². The van der Waals surface area contributed by atoms with E-state index in [-0.39, 0.29) is 24.0 Å². The van der Waals surface area contributed by atoms with E-state index in [1.54, 1.807) is 0 Å². The van der Waals surface area contributed by atoms with Gasteiger partial charge in [-0.3, -0.25) is 9.67 Å². The van der Waals surface area contributed by atoms with Gasteiger partial charge >= 0.3 is 0 Å². The summed E-state index contributed by atoms with van der Waals surface area (Å²) >= 11 is 0. The average molecular weight is 405 g/mol. The first-order chi connectivity index (χ1) is 9.50. The molecular formula is C15H28IN5. The van der Waals surface area contributed by atoms with Gasteiger partial charge in [0.15, 0.2) is 5.96 Å². The van der Waals surface area contributed by atoms with Gasteiger partial charge in [-0.1, -0.05) is 13.8 Å². The van der Waals surface area contributed by atoms with E-state index in [1.165, 1.54) is 12.0 Å². The summed E-state index contributed by atoms with van der Waals surface area (Å²) in [6.45, 7) is 10.7. The minimum absolute atomic E-state index is 0. The first-order valence-electron chi connectivity index (χ1n) is 7.51. The maximum Gasteiger partial charge on any atom is 0.193 e. The number of halogens is 1. The molecule has 0 aromatic carbocycles. The van der Waals surface area contributed by atoms with Gasteiger partial charge in [-0.2, -0.15) is 5.10 Å². The molecule has 1 saturated heterocycles. The predicted octanol–water partition coefficient (Wildman–Crippen LogP) is 2.28. The van der Waals surface area contributed by atoms with Crippen LogP contribution < -0.4 is 5.32 Å². The number of guanidine groups is 1. The quantitative estimate of drug-likeness (QED) is 0.475. The Labute approximate surface area is 145 Å². The highest BCUT2D eigenvalue weighted by Crippen LogP contribution is 2.28. The molecule has 5 nitrogen and oxygen atoms in total. The summed E-state index contributed by atoms with van der Waals surface area (Å²) in [5, 5.41) is 7.60. The molecule has 120 valence electrons. The largest absolute Gasteiger partial charge is 0.357 e. The minimum Gasteiger partial charge on any atom is -0.357 e. The van der Waals surface area contributed by atoms with Crippen LogP contribution in [0, 0.1) is 5.41 Å². The Morgan fingerprint density at radius 3 is 2.76 bits per heavy atom. The second kappa shape index (κ2) is 8.00. The highest BCUT2D eigenvalue weighted by Gasteiger charge is 2.30. The second-order valence-electron chi connectivity index (χ2n) is 6.34. The van der Waals surface area contributed by atoms with Gasteiger partial charge in [-0.25, -0.2) is 0 Å². The monoisotopic (exact) mass is 405 g/mol. The van der Waals surface area contributed by atoms with E-state index in [0.717, 1.165) is 38.6 Å². The topological polar surface area (TPSA) is 45.5 Å². The Hall–Kier alpha value is -0.790. The maximum atomic E-state index is 4.76. The molecule has 2 rings (SSSR count). The fourth-order valence-corrected chi connectivity index (χ4v) is 2.61. The number of nitrogens with one attached hydrogen (secondary N) is 1. The summed E-state index contributed by atoms with van der Waals surface area (Å²) < 4.78 is 1.84. The molecule has 1 aliphatic heterocycles. The van der Waals surface area contributed by atoms with Gasteiger partial charge in [-0.15, -0.1) is 24.0 Å². The molecule has 0 aliphatic carbocycles. The summed E-state index contributed by atoms with van der Waals surface area (Å²) in [5.41, 5.74) is 1.65. The van der Waals surface area contributed by atoms with Crippen molar-refractivity contribution >= 4 is 29.9 Å². The fraction of sp³-hybridized carbons (Fsp3) is 0.733. The van der Waals surface area contributed by atoms with Crippen molar-refractivity contribution in [2.45, 2.75) is 33.6 Å². The standard InChI is InChI=1S/C15H27N5.HI/c1-5-16-14(20-9-7-15(2,3)12-20)17-8-6-13-10-18-19(4)11-13;/h10-11H,5-9,12H2,1-4H3,(H,16,17);1H. The molecule has 0 bridgehead atoms. The molecule has 2 heterocycles. The summed E-state index contributed by atoms with van der Waals surface area (Å²) in [5.74, 6) is 1.06. The molecule has 1 aromatic rings. The van der Waals surface area contributed by atoms with Gasteiger partial charge in [0.1, 0.15) is 0 Å². The van der Waals surface area contributed by atoms with Gasteiger partial charge in [0, 0.05) is 39.4 Å². The number of aromatic nitrogens is 2. The molecule has 6 heteroatoms. The van der Waals surface area contributed by atoms with Crippen LogP contribution in [0.1, 0.15) is 32.8 Å². The Morgan fingerprint density at radius 1 is 1.48 bits per heavy atom. The Bertz CT molecular complexity index is 466. The van der Waals surface area contributed by atoms with Crippen molar-refractivity contribution in [3.05, 3.63) is 18.0 Å². The molecule has 0 spiro atoms. The third kappa shape index (κ3) is 5.48. The zero-order valence-corrected chi connectivity index (χ0v) is 15.9. The molecule has 1 aliphatic rings. The fourth-order valence-electron chi connectivity index (χ4n) is 2.61. The SMILES string of the molecule is CCNC(=NCCc1cnn(C)c1)N1CCC(C)(C)C1.I. The third-order valence-electron chi connectivity index (χ3n) is 3.73. The molecule has 1 N–H and O–H groups in total. The van der Waals surface area contributed by atoms with E-state index in [4.69, 9.17) is 4.99 Å². The van der Waals surface area contributed by atoms with Crippen LogP contribution in [-0.4, -0.2) is 46.8 Å². The predicted molar refractivity (Wildman–Crippen MR) is 98.3 cm³/mol. The smallest absolute Gasteiger partial charge is 0.193 e. The lowest BCUT2D eigenvalue weighted by Gasteiger charge is -2.23. The molecule has 21 heavy (non-hydrogen) atoms. The Morgan fingerprint density at radius 2 is 2.24 bits per heavy atom. The maximum absolute atomic E-state index is 4.76. The number of hydrogen-bond acceptors (Lipinski definition) is 2. The van der Waals surface area contributed by atoms with E-state index in [0.29, 0.717) is 5.41 Å². The number of likely N-dealkylation sites (tertiary alicyclic amines) is 1. The molecule has 0 radical (unpaired) electrons. The number of aliphatic imine (C=N–C) groups is 1. The lowest BCUT2D eigenvalue weighted by atomic mass is 9.93. The minimum atomic E-state index is 0. The van der Waals surface area contributed by atoms with Gasteiger partial charge in [0.2, 0.25) is 0 Å². The van der Waals surface area contributed by atoms with Crippen LogP contribution in [0.2, 0.25) is 0 Å². The van der Waals surface area contributed by atoms with Crippen molar-refractivity contribution in [2.75, 3.05) is 26.2 Å². The van der Waals surface area contributed by atoms with Gasteiger partial charge in [-0.05, 0) is 30.7 Å². The molecule has 1 aromatic heterocycles.